The van der Waals surface area contributed by atoms with E-state index in [1.54, 1.807) is 0 Å². The minimum atomic E-state index is -1.34. The van der Waals surface area contributed by atoms with Crippen LogP contribution in [0.3, 0.4) is 0 Å². The molecule has 0 aliphatic carbocycles. The Morgan fingerprint density at radius 1 is 0.966 bits per heavy atom. The minimum Gasteiger partial charge on any atom is -0.478 e. The number of imide groups is 1. The Morgan fingerprint density at radius 3 is 2.28 bits per heavy atom. The number of hydrogen-bond donors (Lipinski definition) is 2. The molecule has 0 saturated carbocycles. The zero-order valence-electron chi connectivity index (χ0n) is 15.4. The second-order valence-corrected chi connectivity index (χ2v) is 7.09. The Kier molecular flexibility index (Phi) is 4.54. The van der Waals surface area contributed by atoms with Crippen LogP contribution in [0.15, 0.2) is 42.5 Å². The molecular weight excluding hydrogens is 376 g/mol. The van der Waals surface area contributed by atoms with Gasteiger partial charge in [0.05, 0.1) is 23.2 Å². The van der Waals surface area contributed by atoms with Crippen LogP contribution in [0.25, 0.3) is 0 Å². The number of carbonyl (C=O) groups excluding carboxylic acids is 2. The van der Waals surface area contributed by atoms with Crippen molar-refractivity contribution in [3.63, 3.8) is 0 Å². The monoisotopic (exact) mass is 394 g/mol. The largest absolute Gasteiger partial charge is 0.478 e. The number of aryl methyl sites for hydroxylation is 1. The van der Waals surface area contributed by atoms with E-state index in [2.05, 4.69) is 0 Å². The first kappa shape index (κ1) is 18.7. The molecule has 29 heavy (non-hydrogen) atoms. The Hall–Kier alpha value is -3.68. The highest BCUT2D eigenvalue weighted by atomic mass is 16.4. The van der Waals surface area contributed by atoms with Crippen LogP contribution in [0.5, 0.6) is 0 Å². The fourth-order valence-electron chi connectivity index (χ4n) is 4.00. The van der Waals surface area contributed by atoms with Crippen molar-refractivity contribution in [2.24, 2.45) is 0 Å². The van der Waals surface area contributed by atoms with Crippen LogP contribution < -0.4 is 9.80 Å². The summed E-state index contributed by atoms with van der Waals surface area (Å²) < 4.78 is 0. The maximum atomic E-state index is 13.2. The van der Waals surface area contributed by atoms with E-state index in [0.717, 1.165) is 47.2 Å². The smallest absolute Gasteiger partial charge is 0.335 e. The molecule has 148 valence electrons. The van der Waals surface area contributed by atoms with E-state index < -0.39 is 29.8 Å². The average Bonchev–Trinajstić information content (AvgIpc) is 3.01. The molecule has 1 fully saturated rings. The quantitative estimate of drug-likeness (QED) is 0.764. The molecule has 1 unspecified atom stereocenters. The number of rotatable bonds is 4. The number of benzene rings is 2. The van der Waals surface area contributed by atoms with Crippen LogP contribution in [0.2, 0.25) is 0 Å². The minimum absolute atomic E-state index is 0.0369. The van der Waals surface area contributed by atoms with E-state index in [1.165, 1.54) is 0 Å². The molecule has 1 atom stereocenters. The lowest BCUT2D eigenvalue weighted by Crippen LogP contribution is -2.44. The zero-order valence-corrected chi connectivity index (χ0v) is 15.4. The molecule has 2 N–H and O–H groups in total. The lowest BCUT2D eigenvalue weighted by atomic mass is 9.99. The van der Waals surface area contributed by atoms with Gasteiger partial charge >= 0.3 is 11.9 Å². The number of carboxylic acid groups (broad SMARTS) is 2. The summed E-state index contributed by atoms with van der Waals surface area (Å²) in [5.41, 5.74) is 1.39. The van der Waals surface area contributed by atoms with Crippen molar-refractivity contribution in [2.45, 2.75) is 25.3 Å². The molecular formula is C21H18N2O6. The van der Waals surface area contributed by atoms with E-state index in [4.69, 9.17) is 0 Å². The topological polar surface area (TPSA) is 115 Å². The molecule has 2 heterocycles. The predicted molar refractivity (Wildman–Crippen MR) is 103 cm³/mol. The molecule has 2 aliphatic heterocycles. The van der Waals surface area contributed by atoms with Gasteiger partial charge in [-0.1, -0.05) is 18.2 Å². The summed E-state index contributed by atoms with van der Waals surface area (Å²) in [4.78, 5) is 51.4. The summed E-state index contributed by atoms with van der Waals surface area (Å²) in [6.07, 6.45) is 1.70. The van der Waals surface area contributed by atoms with E-state index >= 15 is 0 Å². The van der Waals surface area contributed by atoms with Crippen molar-refractivity contribution in [1.29, 1.82) is 0 Å². The number of fused-ring (bicyclic) bond motifs is 1. The second kappa shape index (κ2) is 7.05. The second-order valence-electron chi connectivity index (χ2n) is 7.09. The number of para-hydroxylation sites is 1. The first-order valence-electron chi connectivity index (χ1n) is 9.20. The number of hydrogen-bond acceptors (Lipinski definition) is 5. The van der Waals surface area contributed by atoms with E-state index in [9.17, 15) is 29.4 Å². The van der Waals surface area contributed by atoms with Gasteiger partial charge in [-0.05, 0) is 42.7 Å². The Bertz CT molecular complexity index is 1010. The lowest BCUT2D eigenvalue weighted by Gasteiger charge is -2.34. The maximum Gasteiger partial charge on any atom is 0.335 e. The van der Waals surface area contributed by atoms with Crippen LogP contribution in [-0.2, 0) is 16.0 Å². The summed E-state index contributed by atoms with van der Waals surface area (Å²) in [6.45, 7) is 0.629. The SMILES string of the molecule is O=C(O)c1cc(C(=O)O)cc(N2C(=O)CC(N3CCCc4ccccc43)C2=O)c1. The molecule has 8 nitrogen and oxygen atoms in total. The molecule has 2 aliphatic rings. The normalized spacial score (nSPS) is 18.7. The van der Waals surface area contributed by atoms with Crippen molar-refractivity contribution in [3.8, 4) is 0 Å². The average molecular weight is 394 g/mol. The molecule has 2 amide bonds. The zero-order chi connectivity index (χ0) is 20.7. The Morgan fingerprint density at radius 2 is 1.62 bits per heavy atom. The van der Waals surface area contributed by atoms with E-state index in [-0.39, 0.29) is 23.2 Å². The van der Waals surface area contributed by atoms with Crippen LogP contribution in [-0.4, -0.2) is 46.6 Å². The number of carbonyl (C=O) groups is 4. The van der Waals surface area contributed by atoms with Crippen molar-refractivity contribution in [2.75, 3.05) is 16.3 Å². The summed E-state index contributed by atoms with van der Waals surface area (Å²) in [7, 11) is 0. The molecule has 0 aromatic heterocycles. The molecule has 4 rings (SSSR count). The number of anilines is 2. The highest BCUT2D eigenvalue weighted by molar-refractivity contribution is 6.23. The summed E-state index contributed by atoms with van der Waals surface area (Å²) in [5, 5.41) is 18.5. The van der Waals surface area contributed by atoms with Crippen LogP contribution >= 0.6 is 0 Å². The Labute approximate surface area is 166 Å². The standard InChI is InChI=1S/C21H18N2O6/c24-18-11-17(22-7-3-5-12-4-1-2-6-16(12)22)19(25)23(18)15-9-13(20(26)27)8-14(10-15)21(28)29/h1-2,4,6,8-10,17H,3,5,7,11H2,(H,26,27)(H,28,29). The van der Waals surface area contributed by atoms with Gasteiger partial charge in [0.2, 0.25) is 5.91 Å². The number of nitrogens with zero attached hydrogens (tertiary/aromatic N) is 2. The third-order valence-corrected chi connectivity index (χ3v) is 5.32. The highest BCUT2D eigenvalue weighted by Crippen LogP contribution is 2.34. The van der Waals surface area contributed by atoms with Gasteiger partial charge in [0, 0.05) is 12.2 Å². The van der Waals surface area contributed by atoms with Crippen LogP contribution in [0.1, 0.15) is 39.1 Å². The summed E-state index contributed by atoms with van der Waals surface area (Å²) in [5.74, 6) is -3.64. The molecule has 8 heteroatoms. The molecule has 2 aromatic rings. The van der Waals surface area contributed by atoms with Crippen molar-refractivity contribution >= 4 is 35.1 Å². The number of aromatic carboxylic acids is 2. The molecule has 2 aromatic carbocycles. The summed E-state index contributed by atoms with van der Waals surface area (Å²) >= 11 is 0. The third kappa shape index (κ3) is 3.22. The molecule has 0 bridgehead atoms. The highest BCUT2D eigenvalue weighted by Gasteiger charge is 2.44. The van der Waals surface area contributed by atoms with Gasteiger partial charge in [-0.25, -0.2) is 14.5 Å². The van der Waals surface area contributed by atoms with Gasteiger partial charge in [-0.3, -0.25) is 9.59 Å². The van der Waals surface area contributed by atoms with Gasteiger partial charge in [-0.2, -0.15) is 0 Å². The lowest BCUT2D eigenvalue weighted by molar-refractivity contribution is -0.121. The van der Waals surface area contributed by atoms with Gasteiger partial charge < -0.3 is 15.1 Å². The maximum absolute atomic E-state index is 13.2. The third-order valence-electron chi connectivity index (χ3n) is 5.32. The van der Waals surface area contributed by atoms with Gasteiger partial charge in [0.1, 0.15) is 6.04 Å². The van der Waals surface area contributed by atoms with Crippen LogP contribution in [0.4, 0.5) is 11.4 Å². The fraction of sp³-hybridized carbons (Fsp3) is 0.238. The Balaban J connectivity index is 1.72. The number of carboxylic acids is 2. The first-order chi connectivity index (χ1) is 13.9. The van der Waals surface area contributed by atoms with Crippen molar-refractivity contribution in [1.82, 2.24) is 0 Å². The van der Waals surface area contributed by atoms with Crippen molar-refractivity contribution in [3.05, 3.63) is 59.2 Å². The molecule has 0 radical (unpaired) electrons. The fourth-order valence-corrected chi connectivity index (χ4v) is 4.00. The molecule has 0 spiro atoms. The number of amides is 2. The van der Waals surface area contributed by atoms with E-state index in [0.29, 0.717) is 6.54 Å². The summed E-state index contributed by atoms with van der Waals surface area (Å²) in [6, 6.07) is 10.3. The van der Waals surface area contributed by atoms with Crippen LogP contribution in [0, 0.1) is 0 Å². The van der Waals surface area contributed by atoms with Gasteiger partial charge in [0.15, 0.2) is 0 Å². The van der Waals surface area contributed by atoms with Gasteiger partial charge in [-0.15, -0.1) is 0 Å². The molecule has 1 saturated heterocycles. The van der Waals surface area contributed by atoms with Crippen molar-refractivity contribution < 1.29 is 29.4 Å². The van der Waals surface area contributed by atoms with Gasteiger partial charge in [0.25, 0.3) is 5.91 Å². The van der Waals surface area contributed by atoms with E-state index in [1.807, 2.05) is 29.2 Å². The predicted octanol–water partition coefficient (Wildman–Crippen LogP) is 2.17. The first-order valence-corrected chi connectivity index (χ1v) is 9.20.